The van der Waals surface area contributed by atoms with Crippen molar-refractivity contribution in [1.29, 1.82) is 0 Å². The largest absolute Gasteiger partial charge is 0.350 e. The molecule has 23 heavy (non-hydrogen) atoms. The van der Waals surface area contributed by atoms with Crippen LogP contribution in [0.2, 0.25) is 0 Å². The van der Waals surface area contributed by atoms with Gasteiger partial charge in [-0.1, -0.05) is 24.3 Å². The van der Waals surface area contributed by atoms with Crippen LogP contribution in [-0.2, 0) is 6.54 Å². The normalized spacial score (nSPS) is 11.2. The highest BCUT2D eigenvalue weighted by Gasteiger charge is 2.03. The zero-order chi connectivity index (χ0) is 16.2. The van der Waals surface area contributed by atoms with E-state index in [0.717, 1.165) is 22.0 Å². The van der Waals surface area contributed by atoms with Gasteiger partial charge in [0, 0.05) is 18.3 Å². The van der Waals surface area contributed by atoms with Crippen LogP contribution in [0.5, 0.6) is 0 Å². The van der Waals surface area contributed by atoms with Crippen LogP contribution >= 0.6 is 0 Å². The molecule has 3 rings (SSSR count). The summed E-state index contributed by atoms with van der Waals surface area (Å²) in [6, 6.07) is 13.6. The van der Waals surface area contributed by atoms with Gasteiger partial charge < -0.3 is 10.3 Å². The van der Waals surface area contributed by atoms with E-state index < -0.39 is 6.03 Å². The highest BCUT2D eigenvalue weighted by molar-refractivity contribution is 5.89. The van der Waals surface area contributed by atoms with Crippen molar-refractivity contribution in [3.05, 3.63) is 71.7 Å². The number of urea groups is 1. The molecule has 0 saturated heterocycles. The Kier molecular flexibility index (Phi) is 4.05. The van der Waals surface area contributed by atoms with Crippen molar-refractivity contribution in [2.45, 2.75) is 6.54 Å². The van der Waals surface area contributed by atoms with E-state index in [1.165, 1.54) is 18.3 Å². The van der Waals surface area contributed by atoms with E-state index in [1.807, 2.05) is 30.5 Å². The van der Waals surface area contributed by atoms with Gasteiger partial charge in [-0.2, -0.15) is 5.10 Å². The summed E-state index contributed by atoms with van der Waals surface area (Å²) >= 11 is 0. The number of hydrogen-bond acceptors (Lipinski definition) is 2. The lowest BCUT2D eigenvalue weighted by molar-refractivity contribution is 0.249. The van der Waals surface area contributed by atoms with Gasteiger partial charge in [0.1, 0.15) is 5.82 Å². The average Bonchev–Trinajstić information content (AvgIpc) is 2.92. The second-order valence-electron chi connectivity index (χ2n) is 5.12. The molecule has 2 amide bonds. The number of primary amides is 1. The van der Waals surface area contributed by atoms with E-state index >= 15 is 0 Å². The molecule has 0 spiro atoms. The van der Waals surface area contributed by atoms with Gasteiger partial charge in [0.2, 0.25) is 0 Å². The Hall–Kier alpha value is -3.15. The van der Waals surface area contributed by atoms with Crippen LogP contribution < -0.4 is 11.2 Å². The van der Waals surface area contributed by atoms with E-state index in [-0.39, 0.29) is 5.82 Å². The summed E-state index contributed by atoms with van der Waals surface area (Å²) in [6.45, 7) is 0.643. The molecule has 3 N–H and O–H groups in total. The van der Waals surface area contributed by atoms with Gasteiger partial charge in [-0.15, -0.1) is 0 Å². The van der Waals surface area contributed by atoms with Gasteiger partial charge in [-0.25, -0.2) is 14.6 Å². The third kappa shape index (κ3) is 3.55. The number of nitrogens with one attached hydrogen (secondary N) is 1. The summed E-state index contributed by atoms with van der Waals surface area (Å²) in [6.07, 6.45) is 3.51. The second-order valence-corrected chi connectivity index (χ2v) is 5.12. The van der Waals surface area contributed by atoms with Crippen LogP contribution in [0.1, 0.15) is 11.1 Å². The number of fused-ring (bicyclic) bond motifs is 1. The van der Waals surface area contributed by atoms with Crippen LogP contribution in [0.4, 0.5) is 9.18 Å². The number of aromatic nitrogens is 1. The fourth-order valence-corrected chi connectivity index (χ4v) is 2.38. The van der Waals surface area contributed by atoms with Gasteiger partial charge in [0.05, 0.1) is 6.21 Å². The number of nitrogens with two attached hydrogens (primary N) is 1. The number of benzene rings is 2. The summed E-state index contributed by atoms with van der Waals surface area (Å²) in [4.78, 5) is 10.6. The molecule has 1 heterocycles. The number of nitrogens with zero attached hydrogens (tertiary/aromatic N) is 2. The van der Waals surface area contributed by atoms with Crippen molar-refractivity contribution in [1.82, 2.24) is 9.99 Å². The number of halogens is 1. The first-order valence-corrected chi connectivity index (χ1v) is 7.04. The van der Waals surface area contributed by atoms with Gasteiger partial charge in [-0.3, -0.25) is 0 Å². The first-order valence-electron chi connectivity index (χ1n) is 7.04. The molecule has 0 bridgehead atoms. The van der Waals surface area contributed by atoms with Crippen molar-refractivity contribution >= 4 is 23.1 Å². The minimum atomic E-state index is -0.706. The summed E-state index contributed by atoms with van der Waals surface area (Å²) in [5.74, 6) is -0.244. The maximum atomic E-state index is 13.0. The van der Waals surface area contributed by atoms with Gasteiger partial charge in [0.15, 0.2) is 0 Å². The average molecular weight is 310 g/mol. The Morgan fingerprint density at radius 2 is 2.00 bits per heavy atom. The fraction of sp³-hybridized carbons (Fsp3) is 0.0588. The third-order valence-corrected chi connectivity index (χ3v) is 3.45. The molecule has 0 atom stereocenters. The number of rotatable bonds is 4. The Balaban J connectivity index is 1.87. The topological polar surface area (TPSA) is 72.4 Å². The first-order chi connectivity index (χ1) is 11.1. The molecule has 1 aromatic heterocycles. The maximum absolute atomic E-state index is 13.0. The molecule has 0 aliphatic rings. The maximum Gasteiger partial charge on any atom is 0.332 e. The monoisotopic (exact) mass is 310 g/mol. The first kappa shape index (κ1) is 14.8. The Morgan fingerprint density at radius 3 is 2.74 bits per heavy atom. The Morgan fingerprint density at radius 1 is 1.22 bits per heavy atom. The van der Waals surface area contributed by atoms with Gasteiger partial charge in [0.25, 0.3) is 0 Å². The van der Waals surface area contributed by atoms with Crippen LogP contribution in [0.25, 0.3) is 10.9 Å². The second kappa shape index (κ2) is 6.31. The molecule has 2 aromatic carbocycles. The van der Waals surface area contributed by atoms with Crippen molar-refractivity contribution in [2.75, 3.05) is 0 Å². The SMILES string of the molecule is NC(=O)NN=Cc1ccc2ccn(Cc3ccc(F)cc3)c2c1. The Labute approximate surface area is 132 Å². The van der Waals surface area contributed by atoms with Gasteiger partial charge in [-0.05, 0) is 40.8 Å². The molecule has 0 fully saturated rings. The lowest BCUT2D eigenvalue weighted by Crippen LogP contribution is -2.24. The van der Waals surface area contributed by atoms with Crippen molar-refractivity contribution in [2.24, 2.45) is 10.8 Å². The molecule has 5 nitrogen and oxygen atoms in total. The number of carbonyl (C=O) groups is 1. The van der Waals surface area contributed by atoms with Crippen LogP contribution in [0, 0.1) is 5.82 Å². The van der Waals surface area contributed by atoms with E-state index in [4.69, 9.17) is 5.73 Å². The molecule has 0 aliphatic carbocycles. The van der Waals surface area contributed by atoms with Crippen molar-refractivity contribution in [3.63, 3.8) is 0 Å². The molecule has 116 valence electrons. The molecular formula is C17H15FN4O. The molecule has 0 saturated carbocycles. The van der Waals surface area contributed by atoms with E-state index in [1.54, 1.807) is 12.1 Å². The van der Waals surface area contributed by atoms with E-state index in [0.29, 0.717) is 6.54 Å². The summed E-state index contributed by atoms with van der Waals surface area (Å²) in [5, 5.41) is 4.85. The standard InChI is InChI=1S/C17H15FN4O/c18-15-5-2-12(3-6-15)11-22-8-7-14-4-1-13(9-16(14)22)10-20-21-17(19)23/h1-10H,11H2,(H3,19,21,23). The summed E-state index contributed by atoms with van der Waals surface area (Å²) in [7, 11) is 0. The number of carbonyl (C=O) groups excluding carboxylic acids is 1. The lowest BCUT2D eigenvalue weighted by Gasteiger charge is -2.06. The summed E-state index contributed by atoms with van der Waals surface area (Å²) < 4.78 is 15.1. The predicted molar refractivity (Wildman–Crippen MR) is 87.8 cm³/mol. The smallest absolute Gasteiger partial charge is 0.332 e. The zero-order valence-corrected chi connectivity index (χ0v) is 12.2. The third-order valence-electron chi connectivity index (χ3n) is 3.45. The lowest BCUT2D eigenvalue weighted by atomic mass is 10.1. The molecular weight excluding hydrogens is 295 g/mol. The molecule has 6 heteroatoms. The number of hydrazone groups is 1. The number of amides is 2. The molecule has 3 aromatic rings. The van der Waals surface area contributed by atoms with Crippen LogP contribution in [0.3, 0.4) is 0 Å². The zero-order valence-electron chi connectivity index (χ0n) is 12.2. The Bertz CT molecular complexity index is 868. The molecule has 0 radical (unpaired) electrons. The highest BCUT2D eigenvalue weighted by atomic mass is 19.1. The van der Waals surface area contributed by atoms with Crippen molar-refractivity contribution < 1.29 is 9.18 Å². The van der Waals surface area contributed by atoms with Crippen molar-refractivity contribution in [3.8, 4) is 0 Å². The predicted octanol–water partition coefficient (Wildman–Crippen LogP) is 2.83. The minimum absolute atomic E-state index is 0.244. The quantitative estimate of drug-likeness (QED) is 0.564. The molecule has 0 aliphatic heterocycles. The summed E-state index contributed by atoms with van der Waals surface area (Å²) in [5.41, 5.74) is 9.99. The fourth-order valence-electron chi connectivity index (χ4n) is 2.38. The van der Waals surface area contributed by atoms with E-state index in [9.17, 15) is 9.18 Å². The minimum Gasteiger partial charge on any atom is -0.350 e. The van der Waals surface area contributed by atoms with Gasteiger partial charge >= 0.3 is 6.03 Å². The van der Waals surface area contributed by atoms with Crippen LogP contribution in [-0.4, -0.2) is 16.8 Å². The number of hydrogen-bond donors (Lipinski definition) is 2. The highest BCUT2D eigenvalue weighted by Crippen LogP contribution is 2.18. The van der Waals surface area contributed by atoms with E-state index in [2.05, 4.69) is 15.1 Å². The van der Waals surface area contributed by atoms with Crippen LogP contribution in [0.15, 0.2) is 59.8 Å². The molecule has 0 unspecified atom stereocenters.